The van der Waals surface area contributed by atoms with Crippen LogP contribution in [-0.4, -0.2) is 35.0 Å². The van der Waals surface area contributed by atoms with Gasteiger partial charge in [-0.05, 0) is 37.1 Å². The molecule has 134 valence electrons. The molecule has 0 spiro atoms. The fourth-order valence-corrected chi connectivity index (χ4v) is 3.49. The maximum absolute atomic E-state index is 12.7. The zero-order valence-corrected chi connectivity index (χ0v) is 14.9. The molecule has 4 rings (SSSR count). The molecule has 1 aromatic carbocycles. The minimum absolute atomic E-state index is 0.0920. The molecule has 0 N–H and O–H groups in total. The van der Waals surface area contributed by atoms with Crippen LogP contribution in [0.15, 0.2) is 53.2 Å². The van der Waals surface area contributed by atoms with Crippen LogP contribution in [0, 0.1) is 6.92 Å². The van der Waals surface area contributed by atoms with Crippen molar-refractivity contribution in [2.24, 2.45) is 0 Å². The lowest BCUT2D eigenvalue weighted by Crippen LogP contribution is -2.31. The zero-order chi connectivity index (χ0) is 17.9. The van der Waals surface area contributed by atoms with E-state index in [0.717, 1.165) is 40.8 Å². The predicted molar refractivity (Wildman–Crippen MR) is 98.7 cm³/mol. The van der Waals surface area contributed by atoms with Gasteiger partial charge in [-0.15, -0.1) is 0 Å². The van der Waals surface area contributed by atoms with Gasteiger partial charge in [0.1, 0.15) is 11.3 Å². The molecule has 0 bridgehead atoms. The number of pyridine rings is 1. The number of carbonyl (C=O) groups is 1. The number of rotatable bonds is 5. The molecular weight excluding hydrogens is 328 g/mol. The van der Waals surface area contributed by atoms with E-state index >= 15 is 0 Å². The molecule has 26 heavy (non-hydrogen) atoms. The molecule has 1 amide bonds. The SMILES string of the molecule is Cc1oc2ccccc2c1CC(=O)N1CCC(OCc2ccncc2)C1. The summed E-state index contributed by atoms with van der Waals surface area (Å²) in [6, 6.07) is 11.8. The molecule has 1 aliphatic heterocycles. The van der Waals surface area contributed by atoms with E-state index < -0.39 is 0 Å². The van der Waals surface area contributed by atoms with E-state index in [0.29, 0.717) is 19.6 Å². The first-order valence-electron chi connectivity index (χ1n) is 8.96. The Morgan fingerprint density at radius 3 is 2.92 bits per heavy atom. The van der Waals surface area contributed by atoms with Crippen LogP contribution in [0.4, 0.5) is 0 Å². The normalized spacial score (nSPS) is 17.1. The van der Waals surface area contributed by atoms with E-state index in [4.69, 9.17) is 9.15 Å². The number of aromatic nitrogens is 1. The van der Waals surface area contributed by atoms with Crippen molar-refractivity contribution in [2.45, 2.75) is 32.5 Å². The number of fused-ring (bicyclic) bond motifs is 1. The number of hydrogen-bond acceptors (Lipinski definition) is 4. The number of ether oxygens (including phenoxy) is 1. The molecule has 1 saturated heterocycles. The quantitative estimate of drug-likeness (QED) is 0.707. The molecule has 1 fully saturated rings. The largest absolute Gasteiger partial charge is 0.461 e. The molecule has 1 atom stereocenters. The number of furan rings is 1. The van der Waals surface area contributed by atoms with E-state index in [1.54, 1.807) is 12.4 Å². The van der Waals surface area contributed by atoms with Crippen LogP contribution >= 0.6 is 0 Å². The first kappa shape index (κ1) is 16.8. The second-order valence-corrected chi connectivity index (χ2v) is 6.73. The summed E-state index contributed by atoms with van der Waals surface area (Å²) < 4.78 is 11.7. The third kappa shape index (κ3) is 3.48. The Balaban J connectivity index is 1.36. The lowest BCUT2D eigenvalue weighted by Gasteiger charge is -2.17. The highest BCUT2D eigenvalue weighted by atomic mass is 16.5. The van der Waals surface area contributed by atoms with Crippen LogP contribution in [0.5, 0.6) is 0 Å². The molecular formula is C21H22N2O3. The first-order chi connectivity index (χ1) is 12.7. The molecule has 0 aliphatic carbocycles. The standard InChI is InChI=1S/C21H22N2O3/c1-15-19(18-4-2-3-5-20(18)26-15)12-21(24)23-11-8-17(13-23)25-14-16-6-9-22-10-7-16/h2-7,9-10,17H,8,11-14H2,1H3. The van der Waals surface area contributed by atoms with Gasteiger partial charge in [0.15, 0.2) is 0 Å². The highest BCUT2D eigenvalue weighted by molar-refractivity contribution is 5.88. The maximum atomic E-state index is 12.7. The van der Waals surface area contributed by atoms with Gasteiger partial charge in [0.05, 0.1) is 19.1 Å². The molecule has 5 heteroatoms. The monoisotopic (exact) mass is 350 g/mol. The lowest BCUT2D eigenvalue weighted by molar-refractivity contribution is -0.130. The fraction of sp³-hybridized carbons (Fsp3) is 0.333. The van der Waals surface area contributed by atoms with Gasteiger partial charge in [0.2, 0.25) is 5.91 Å². The summed E-state index contributed by atoms with van der Waals surface area (Å²) in [5, 5.41) is 1.03. The van der Waals surface area contributed by atoms with Gasteiger partial charge in [-0.1, -0.05) is 18.2 Å². The van der Waals surface area contributed by atoms with Gasteiger partial charge < -0.3 is 14.1 Å². The van der Waals surface area contributed by atoms with E-state index in [-0.39, 0.29) is 12.0 Å². The first-order valence-corrected chi connectivity index (χ1v) is 8.96. The average Bonchev–Trinajstić information content (AvgIpc) is 3.26. The van der Waals surface area contributed by atoms with E-state index in [1.165, 1.54) is 0 Å². The van der Waals surface area contributed by atoms with Crippen molar-refractivity contribution in [3.63, 3.8) is 0 Å². The highest BCUT2D eigenvalue weighted by Crippen LogP contribution is 2.26. The number of para-hydroxylation sites is 1. The summed E-state index contributed by atoms with van der Waals surface area (Å²) in [4.78, 5) is 18.7. The average molecular weight is 350 g/mol. The minimum atomic E-state index is 0.0920. The van der Waals surface area contributed by atoms with Gasteiger partial charge in [-0.3, -0.25) is 9.78 Å². The topological polar surface area (TPSA) is 55.6 Å². The van der Waals surface area contributed by atoms with E-state index in [2.05, 4.69) is 4.98 Å². The number of aryl methyl sites for hydroxylation is 1. The number of hydrogen-bond donors (Lipinski definition) is 0. The molecule has 1 aliphatic rings. The van der Waals surface area contributed by atoms with Crippen LogP contribution in [0.25, 0.3) is 11.0 Å². The highest BCUT2D eigenvalue weighted by Gasteiger charge is 2.28. The summed E-state index contributed by atoms with van der Waals surface area (Å²) in [5.74, 6) is 0.957. The maximum Gasteiger partial charge on any atom is 0.227 e. The summed E-state index contributed by atoms with van der Waals surface area (Å²) in [6.45, 7) is 3.88. The Morgan fingerprint density at radius 2 is 2.08 bits per heavy atom. The summed E-state index contributed by atoms with van der Waals surface area (Å²) in [6.07, 6.45) is 4.87. The van der Waals surface area contributed by atoms with E-state index in [9.17, 15) is 4.79 Å². The van der Waals surface area contributed by atoms with Crippen molar-refractivity contribution in [2.75, 3.05) is 13.1 Å². The molecule has 2 aromatic heterocycles. The Labute approximate surface area is 152 Å². The summed E-state index contributed by atoms with van der Waals surface area (Å²) in [7, 11) is 0. The minimum Gasteiger partial charge on any atom is -0.461 e. The van der Waals surface area contributed by atoms with Crippen molar-refractivity contribution in [1.82, 2.24) is 9.88 Å². The van der Waals surface area contributed by atoms with Crippen molar-refractivity contribution < 1.29 is 13.9 Å². The van der Waals surface area contributed by atoms with Crippen molar-refractivity contribution in [3.05, 3.63) is 65.7 Å². The number of carbonyl (C=O) groups excluding carboxylic acids is 1. The van der Waals surface area contributed by atoms with Crippen LogP contribution in [0.1, 0.15) is 23.3 Å². The molecule has 3 heterocycles. The Kier molecular flexibility index (Phi) is 4.71. The summed E-state index contributed by atoms with van der Waals surface area (Å²) in [5.41, 5.74) is 2.94. The van der Waals surface area contributed by atoms with Crippen molar-refractivity contribution >= 4 is 16.9 Å². The van der Waals surface area contributed by atoms with Crippen LogP contribution in [0.2, 0.25) is 0 Å². The number of benzene rings is 1. The smallest absolute Gasteiger partial charge is 0.227 e. The van der Waals surface area contributed by atoms with Gasteiger partial charge >= 0.3 is 0 Å². The van der Waals surface area contributed by atoms with Crippen molar-refractivity contribution in [1.29, 1.82) is 0 Å². The van der Waals surface area contributed by atoms with Gasteiger partial charge in [-0.25, -0.2) is 0 Å². The van der Waals surface area contributed by atoms with Crippen molar-refractivity contribution in [3.8, 4) is 0 Å². The molecule has 5 nitrogen and oxygen atoms in total. The number of amides is 1. The fourth-order valence-electron chi connectivity index (χ4n) is 3.49. The number of nitrogens with zero attached hydrogens (tertiary/aromatic N) is 2. The second-order valence-electron chi connectivity index (χ2n) is 6.73. The summed E-state index contributed by atoms with van der Waals surface area (Å²) >= 11 is 0. The molecule has 0 saturated carbocycles. The predicted octanol–water partition coefficient (Wildman–Crippen LogP) is 3.50. The Morgan fingerprint density at radius 1 is 1.27 bits per heavy atom. The van der Waals surface area contributed by atoms with Gasteiger partial charge in [-0.2, -0.15) is 0 Å². The molecule has 0 radical (unpaired) electrons. The molecule has 1 unspecified atom stereocenters. The zero-order valence-electron chi connectivity index (χ0n) is 14.9. The van der Waals surface area contributed by atoms with Crippen LogP contribution < -0.4 is 0 Å². The van der Waals surface area contributed by atoms with E-state index in [1.807, 2.05) is 48.2 Å². The van der Waals surface area contributed by atoms with Crippen LogP contribution in [-0.2, 0) is 22.6 Å². The molecule has 3 aromatic rings. The Hall–Kier alpha value is -2.66. The third-order valence-electron chi connectivity index (χ3n) is 4.96. The van der Waals surface area contributed by atoms with Gasteiger partial charge in [0.25, 0.3) is 0 Å². The van der Waals surface area contributed by atoms with Crippen LogP contribution in [0.3, 0.4) is 0 Å². The Bertz CT molecular complexity index is 904. The third-order valence-corrected chi connectivity index (χ3v) is 4.96. The second kappa shape index (κ2) is 7.30. The van der Waals surface area contributed by atoms with Gasteiger partial charge in [0, 0.05) is 36.4 Å². The lowest BCUT2D eigenvalue weighted by atomic mass is 10.1. The number of likely N-dealkylation sites (tertiary alicyclic amines) is 1.